The van der Waals surface area contributed by atoms with E-state index in [0.29, 0.717) is 19.6 Å². The van der Waals surface area contributed by atoms with E-state index in [4.69, 9.17) is 9.47 Å². The summed E-state index contributed by atoms with van der Waals surface area (Å²) in [5.74, 6) is -0.256. The monoisotopic (exact) mass is 300 g/mol. The first-order valence-corrected chi connectivity index (χ1v) is 8.44. The van der Waals surface area contributed by atoms with Crippen molar-refractivity contribution in [3.8, 4) is 0 Å². The predicted octanol–water partition coefficient (Wildman–Crippen LogP) is 4.26. The maximum atomic E-state index is 11.7. The van der Waals surface area contributed by atoms with E-state index in [1.807, 2.05) is 13.8 Å². The van der Waals surface area contributed by atoms with E-state index in [-0.39, 0.29) is 17.9 Å². The number of unbranched alkanes of at least 4 members (excludes halogenated alkanes) is 4. The Balaban J connectivity index is 3.45. The molecule has 0 heterocycles. The Hall–Kier alpha value is -1.06. The summed E-state index contributed by atoms with van der Waals surface area (Å²) in [5.41, 5.74) is 0. The number of rotatable bonds is 13. The van der Waals surface area contributed by atoms with Gasteiger partial charge in [0.2, 0.25) is 0 Å². The Morgan fingerprint density at radius 2 is 1.52 bits per heavy atom. The van der Waals surface area contributed by atoms with Gasteiger partial charge in [0, 0.05) is 6.42 Å². The van der Waals surface area contributed by atoms with Crippen LogP contribution < -0.4 is 0 Å². The molecular formula is C17H32O4. The summed E-state index contributed by atoms with van der Waals surface area (Å²) in [4.78, 5) is 22.8. The van der Waals surface area contributed by atoms with Crippen LogP contribution in [0.2, 0.25) is 0 Å². The molecule has 4 nitrogen and oxygen atoms in total. The quantitative estimate of drug-likeness (QED) is 0.377. The molecule has 0 aliphatic carbocycles. The minimum Gasteiger partial charge on any atom is -0.466 e. The van der Waals surface area contributed by atoms with Crippen molar-refractivity contribution in [2.24, 2.45) is 5.92 Å². The Bertz CT molecular complexity index is 276. The van der Waals surface area contributed by atoms with Crippen LogP contribution in [0, 0.1) is 5.92 Å². The number of carbonyl (C=O) groups excluding carboxylic acids is 2. The average Bonchev–Trinajstić information content (AvgIpc) is 2.47. The van der Waals surface area contributed by atoms with Crippen LogP contribution in [0.25, 0.3) is 0 Å². The van der Waals surface area contributed by atoms with Crippen molar-refractivity contribution in [3.05, 3.63) is 0 Å². The van der Waals surface area contributed by atoms with Crippen LogP contribution in [-0.2, 0) is 19.1 Å². The number of hydrogen-bond acceptors (Lipinski definition) is 4. The Kier molecular flexibility index (Phi) is 13.2. The molecule has 0 aromatic heterocycles. The van der Waals surface area contributed by atoms with Crippen LogP contribution in [0.1, 0.15) is 78.6 Å². The van der Waals surface area contributed by atoms with Crippen LogP contribution in [0.3, 0.4) is 0 Å². The van der Waals surface area contributed by atoms with Crippen LogP contribution >= 0.6 is 0 Å². The molecule has 0 fully saturated rings. The summed E-state index contributed by atoms with van der Waals surface area (Å²) in [6.45, 7) is 6.90. The summed E-state index contributed by atoms with van der Waals surface area (Å²) >= 11 is 0. The smallest absolute Gasteiger partial charge is 0.308 e. The Morgan fingerprint density at radius 3 is 2.14 bits per heavy atom. The molecule has 0 saturated carbocycles. The topological polar surface area (TPSA) is 52.6 Å². The summed E-state index contributed by atoms with van der Waals surface area (Å²) in [6.07, 6.45) is 8.42. The molecule has 0 radical (unpaired) electrons. The average molecular weight is 300 g/mol. The van der Waals surface area contributed by atoms with Gasteiger partial charge in [-0.1, -0.05) is 46.5 Å². The molecule has 0 rings (SSSR count). The van der Waals surface area contributed by atoms with Crippen LogP contribution in [0.15, 0.2) is 0 Å². The first-order chi connectivity index (χ1) is 10.1. The van der Waals surface area contributed by atoms with Gasteiger partial charge in [-0.3, -0.25) is 9.59 Å². The van der Waals surface area contributed by atoms with E-state index in [9.17, 15) is 9.59 Å². The second-order valence-corrected chi connectivity index (χ2v) is 5.60. The number of hydrogen-bond donors (Lipinski definition) is 0. The third-order valence-electron chi connectivity index (χ3n) is 3.39. The molecule has 0 saturated heterocycles. The fourth-order valence-electron chi connectivity index (χ4n) is 1.98. The molecule has 0 amide bonds. The van der Waals surface area contributed by atoms with Gasteiger partial charge < -0.3 is 9.47 Å². The molecular weight excluding hydrogens is 268 g/mol. The van der Waals surface area contributed by atoms with Crippen molar-refractivity contribution in [2.75, 3.05) is 13.2 Å². The normalized spacial score (nSPS) is 12.0. The highest BCUT2D eigenvalue weighted by Crippen LogP contribution is 2.12. The fourth-order valence-corrected chi connectivity index (χ4v) is 1.98. The molecule has 0 spiro atoms. The zero-order valence-corrected chi connectivity index (χ0v) is 14.0. The Labute approximate surface area is 129 Å². The van der Waals surface area contributed by atoms with E-state index in [1.165, 1.54) is 19.3 Å². The van der Waals surface area contributed by atoms with Crippen molar-refractivity contribution in [3.63, 3.8) is 0 Å². The Morgan fingerprint density at radius 1 is 0.857 bits per heavy atom. The molecule has 0 bridgehead atoms. The van der Waals surface area contributed by atoms with Crippen molar-refractivity contribution in [1.82, 2.24) is 0 Å². The van der Waals surface area contributed by atoms with E-state index >= 15 is 0 Å². The standard InChI is InChI=1S/C17H32O4/c1-4-6-7-8-12-15(3)17(19)21-14-10-9-13-20-16(18)11-5-2/h15H,4-14H2,1-3H3. The van der Waals surface area contributed by atoms with Gasteiger partial charge in [0.15, 0.2) is 0 Å². The second kappa shape index (κ2) is 13.9. The summed E-state index contributed by atoms with van der Waals surface area (Å²) in [5, 5.41) is 0. The molecule has 1 atom stereocenters. The molecule has 0 aliphatic rings. The highest BCUT2D eigenvalue weighted by molar-refractivity contribution is 5.71. The maximum absolute atomic E-state index is 11.7. The van der Waals surface area contributed by atoms with Crippen LogP contribution in [0.4, 0.5) is 0 Å². The molecule has 0 aromatic carbocycles. The highest BCUT2D eigenvalue weighted by atomic mass is 16.5. The summed E-state index contributed by atoms with van der Waals surface area (Å²) < 4.78 is 10.3. The van der Waals surface area contributed by atoms with Crippen LogP contribution in [-0.4, -0.2) is 25.2 Å². The van der Waals surface area contributed by atoms with Gasteiger partial charge in [-0.25, -0.2) is 0 Å². The van der Waals surface area contributed by atoms with E-state index in [2.05, 4.69) is 6.92 Å². The zero-order valence-electron chi connectivity index (χ0n) is 14.0. The number of esters is 2. The number of carbonyl (C=O) groups is 2. The van der Waals surface area contributed by atoms with Crippen molar-refractivity contribution in [1.29, 1.82) is 0 Å². The lowest BCUT2D eigenvalue weighted by atomic mass is 10.0. The summed E-state index contributed by atoms with van der Waals surface area (Å²) in [6, 6.07) is 0. The van der Waals surface area contributed by atoms with E-state index in [1.54, 1.807) is 0 Å². The highest BCUT2D eigenvalue weighted by Gasteiger charge is 2.13. The van der Waals surface area contributed by atoms with Crippen LogP contribution in [0.5, 0.6) is 0 Å². The maximum Gasteiger partial charge on any atom is 0.308 e. The van der Waals surface area contributed by atoms with E-state index in [0.717, 1.165) is 32.1 Å². The summed E-state index contributed by atoms with van der Waals surface area (Å²) in [7, 11) is 0. The lowest BCUT2D eigenvalue weighted by molar-refractivity contribution is -0.149. The molecule has 0 N–H and O–H groups in total. The third kappa shape index (κ3) is 12.4. The van der Waals surface area contributed by atoms with Gasteiger partial charge in [0.25, 0.3) is 0 Å². The van der Waals surface area contributed by atoms with Crippen molar-refractivity contribution in [2.45, 2.75) is 78.6 Å². The fraction of sp³-hybridized carbons (Fsp3) is 0.882. The molecule has 4 heteroatoms. The van der Waals surface area contributed by atoms with Crippen molar-refractivity contribution >= 4 is 11.9 Å². The molecule has 1 unspecified atom stereocenters. The largest absolute Gasteiger partial charge is 0.466 e. The first-order valence-electron chi connectivity index (χ1n) is 8.44. The molecule has 21 heavy (non-hydrogen) atoms. The second-order valence-electron chi connectivity index (χ2n) is 5.60. The number of ether oxygens (including phenoxy) is 2. The first kappa shape index (κ1) is 19.9. The van der Waals surface area contributed by atoms with Crippen molar-refractivity contribution < 1.29 is 19.1 Å². The third-order valence-corrected chi connectivity index (χ3v) is 3.39. The van der Waals surface area contributed by atoms with Gasteiger partial charge in [-0.15, -0.1) is 0 Å². The van der Waals surface area contributed by atoms with Gasteiger partial charge in [0.05, 0.1) is 19.1 Å². The minimum absolute atomic E-state index is 0.00996. The molecule has 124 valence electrons. The van der Waals surface area contributed by atoms with Gasteiger partial charge in [-0.2, -0.15) is 0 Å². The lowest BCUT2D eigenvalue weighted by Crippen LogP contribution is -2.16. The predicted molar refractivity (Wildman–Crippen MR) is 84.0 cm³/mol. The van der Waals surface area contributed by atoms with Gasteiger partial charge >= 0.3 is 11.9 Å². The zero-order chi connectivity index (χ0) is 15.9. The van der Waals surface area contributed by atoms with Gasteiger partial charge in [-0.05, 0) is 25.7 Å². The minimum atomic E-state index is -0.143. The molecule has 0 aromatic rings. The SMILES string of the molecule is CCCCCCC(C)C(=O)OCCCCOC(=O)CCC. The molecule has 0 aliphatic heterocycles. The lowest BCUT2D eigenvalue weighted by Gasteiger charge is -2.11. The van der Waals surface area contributed by atoms with Gasteiger partial charge in [0.1, 0.15) is 0 Å². The van der Waals surface area contributed by atoms with E-state index < -0.39 is 0 Å².